The van der Waals surface area contributed by atoms with Crippen LogP contribution < -0.4 is 0 Å². The first-order valence-corrected chi connectivity index (χ1v) is 9.59. The molecule has 1 aliphatic heterocycles. The number of rotatable bonds is 6. The predicted octanol–water partition coefficient (Wildman–Crippen LogP) is 5.40. The van der Waals surface area contributed by atoms with Gasteiger partial charge < -0.3 is 0 Å². The van der Waals surface area contributed by atoms with Gasteiger partial charge in [-0.25, -0.2) is 0 Å². The van der Waals surface area contributed by atoms with Crippen LogP contribution in [0.4, 0.5) is 0 Å². The second-order valence-corrected chi connectivity index (χ2v) is 7.36. The fourth-order valence-electron chi connectivity index (χ4n) is 3.85. The van der Waals surface area contributed by atoms with Gasteiger partial charge in [0.25, 0.3) is 0 Å². The Hall–Kier alpha value is -1.60. The molecule has 1 nitrogen and oxygen atoms in total. The zero-order chi connectivity index (χ0) is 16.8. The standard InChI is InChI=1S/C23H31N/c1-3-20-10-9-19(2)23(17-20)12-11-21-13-15-24(16-14-21)18-22-7-5-4-6-8-22/h4-10,17,21H,3,11-16,18H2,1-2H3. The van der Waals surface area contributed by atoms with E-state index in [2.05, 4.69) is 67.3 Å². The molecule has 2 aromatic rings. The van der Waals surface area contributed by atoms with E-state index in [0.717, 1.165) is 18.9 Å². The fraction of sp³-hybridized carbons (Fsp3) is 0.478. The number of hydrogen-bond acceptors (Lipinski definition) is 1. The SMILES string of the molecule is CCc1ccc(C)c(CCC2CCN(Cc3ccccc3)CC2)c1. The highest BCUT2D eigenvalue weighted by Crippen LogP contribution is 2.24. The molecule has 0 unspecified atom stereocenters. The van der Waals surface area contributed by atoms with E-state index < -0.39 is 0 Å². The zero-order valence-corrected chi connectivity index (χ0v) is 15.3. The Balaban J connectivity index is 1.46. The molecule has 0 amide bonds. The van der Waals surface area contributed by atoms with Crippen molar-refractivity contribution in [1.29, 1.82) is 0 Å². The molecule has 128 valence electrons. The lowest BCUT2D eigenvalue weighted by Crippen LogP contribution is -2.33. The first-order valence-electron chi connectivity index (χ1n) is 9.59. The second kappa shape index (κ2) is 8.48. The topological polar surface area (TPSA) is 3.24 Å². The van der Waals surface area contributed by atoms with Gasteiger partial charge in [-0.05, 0) is 80.3 Å². The lowest BCUT2D eigenvalue weighted by molar-refractivity contribution is 0.172. The Labute approximate surface area is 147 Å². The summed E-state index contributed by atoms with van der Waals surface area (Å²) in [5.74, 6) is 0.904. The summed E-state index contributed by atoms with van der Waals surface area (Å²) in [6.07, 6.45) is 6.47. The van der Waals surface area contributed by atoms with Gasteiger partial charge in [0.05, 0.1) is 0 Å². The van der Waals surface area contributed by atoms with Crippen LogP contribution in [0.2, 0.25) is 0 Å². The van der Waals surface area contributed by atoms with Crippen LogP contribution in [0.1, 0.15) is 48.4 Å². The number of piperidine rings is 1. The van der Waals surface area contributed by atoms with Crippen LogP contribution in [-0.4, -0.2) is 18.0 Å². The minimum atomic E-state index is 0.904. The molecule has 2 aromatic carbocycles. The highest BCUT2D eigenvalue weighted by Gasteiger charge is 2.19. The molecule has 24 heavy (non-hydrogen) atoms. The van der Waals surface area contributed by atoms with Gasteiger partial charge in [0, 0.05) is 6.54 Å². The zero-order valence-electron chi connectivity index (χ0n) is 15.3. The summed E-state index contributed by atoms with van der Waals surface area (Å²) in [5.41, 5.74) is 5.96. The smallest absolute Gasteiger partial charge is 0.0233 e. The first kappa shape index (κ1) is 17.2. The van der Waals surface area contributed by atoms with Gasteiger partial charge in [-0.1, -0.05) is 55.5 Å². The molecule has 0 atom stereocenters. The minimum absolute atomic E-state index is 0.904. The van der Waals surface area contributed by atoms with Crippen molar-refractivity contribution < 1.29 is 0 Å². The molecule has 0 spiro atoms. The number of aryl methyl sites for hydroxylation is 3. The molecule has 1 heterocycles. The molecule has 0 aromatic heterocycles. The number of hydrogen-bond donors (Lipinski definition) is 0. The average molecular weight is 322 g/mol. The van der Waals surface area contributed by atoms with Gasteiger partial charge in [0.15, 0.2) is 0 Å². The van der Waals surface area contributed by atoms with Crippen molar-refractivity contribution in [2.45, 2.75) is 52.5 Å². The highest BCUT2D eigenvalue weighted by molar-refractivity contribution is 5.31. The molecule has 0 radical (unpaired) electrons. The van der Waals surface area contributed by atoms with E-state index in [4.69, 9.17) is 0 Å². The summed E-state index contributed by atoms with van der Waals surface area (Å²) in [6, 6.07) is 17.9. The largest absolute Gasteiger partial charge is 0.299 e. The van der Waals surface area contributed by atoms with Gasteiger partial charge in [-0.2, -0.15) is 0 Å². The molecule has 0 saturated carbocycles. The molecular weight excluding hydrogens is 290 g/mol. The monoisotopic (exact) mass is 321 g/mol. The van der Waals surface area contributed by atoms with Gasteiger partial charge in [0.2, 0.25) is 0 Å². The maximum atomic E-state index is 2.62. The van der Waals surface area contributed by atoms with E-state index in [9.17, 15) is 0 Å². The predicted molar refractivity (Wildman–Crippen MR) is 103 cm³/mol. The lowest BCUT2D eigenvalue weighted by atomic mass is 9.89. The summed E-state index contributed by atoms with van der Waals surface area (Å²) in [5, 5.41) is 0. The summed E-state index contributed by atoms with van der Waals surface area (Å²) in [4.78, 5) is 2.62. The Morgan fingerprint density at radius 2 is 1.71 bits per heavy atom. The van der Waals surface area contributed by atoms with Gasteiger partial charge in [-0.3, -0.25) is 4.90 Å². The van der Waals surface area contributed by atoms with Crippen molar-refractivity contribution in [3.63, 3.8) is 0 Å². The molecular formula is C23H31N. The van der Waals surface area contributed by atoms with E-state index in [1.165, 1.54) is 55.5 Å². The molecule has 1 fully saturated rings. The van der Waals surface area contributed by atoms with Crippen molar-refractivity contribution in [3.05, 3.63) is 70.8 Å². The molecule has 1 saturated heterocycles. The van der Waals surface area contributed by atoms with Crippen LogP contribution in [0.3, 0.4) is 0 Å². The first-order chi connectivity index (χ1) is 11.7. The van der Waals surface area contributed by atoms with Crippen LogP contribution in [-0.2, 0) is 19.4 Å². The third-order valence-corrected chi connectivity index (χ3v) is 5.60. The fourth-order valence-corrected chi connectivity index (χ4v) is 3.85. The van der Waals surface area contributed by atoms with E-state index >= 15 is 0 Å². The maximum Gasteiger partial charge on any atom is 0.0233 e. The van der Waals surface area contributed by atoms with Crippen molar-refractivity contribution in [3.8, 4) is 0 Å². The van der Waals surface area contributed by atoms with Gasteiger partial charge >= 0.3 is 0 Å². The minimum Gasteiger partial charge on any atom is -0.299 e. The summed E-state index contributed by atoms with van der Waals surface area (Å²) < 4.78 is 0. The second-order valence-electron chi connectivity index (χ2n) is 7.36. The van der Waals surface area contributed by atoms with Crippen molar-refractivity contribution in [2.24, 2.45) is 5.92 Å². The van der Waals surface area contributed by atoms with Crippen LogP contribution in [0.15, 0.2) is 48.5 Å². The Morgan fingerprint density at radius 3 is 2.42 bits per heavy atom. The Kier molecular flexibility index (Phi) is 6.09. The maximum absolute atomic E-state index is 2.62. The third kappa shape index (κ3) is 4.70. The number of benzene rings is 2. The molecule has 0 N–H and O–H groups in total. The van der Waals surface area contributed by atoms with E-state index in [0.29, 0.717) is 0 Å². The summed E-state index contributed by atoms with van der Waals surface area (Å²) >= 11 is 0. The van der Waals surface area contributed by atoms with Crippen molar-refractivity contribution in [2.75, 3.05) is 13.1 Å². The highest BCUT2D eigenvalue weighted by atomic mass is 15.1. The molecule has 3 rings (SSSR count). The van der Waals surface area contributed by atoms with E-state index in [1.807, 2.05) is 0 Å². The lowest BCUT2D eigenvalue weighted by Gasteiger charge is -2.32. The Morgan fingerprint density at radius 1 is 0.958 bits per heavy atom. The number of nitrogens with zero attached hydrogens (tertiary/aromatic N) is 1. The number of likely N-dealkylation sites (tertiary alicyclic amines) is 1. The van der Waals surface area contributed by atoms with Crippen LogP contribution in [0, 0.1) is 12.8 Å². The Bertz CT molecular complexity index is 624. The van der Waals surface area contributed by atoms with Crippen molar-refractivity contribution >= 4 is 0 Å². The summed E-state index contributed by atoms with van der Waals surface area (Å²) in [6.45, 7) is 8.14. The van der Waals surface area contributed by atoms with Gasteiger partial charge in [-0.15, -0.1) is 0 Å². The van der Waals surface area contributed by atoms with Crippen LogP contribution in [0.25, 0.3) is 0 Å². The summed E-state index contributed by atoms with van der Waals surface area (Å²) in [7, 11) is 0. The molecule has 1 heteroatoms. The van der Waals surface area contributed by atoms with Gasteiger partial charge in [0.1, 0.15) is 0 Å². The van der Waals surface area contributed by atoms with Crippen LogP contribution in [0.5, 0.6) is 0 Å². The molecule has 1 aliphatic rings. The third-order valence-electron chi connectivity index (χ3n) is 5.60. The van der Waals surface area contributed by atoms with E-state index in [-0.39, 0.29) is 0 Å². The van der Waals surface area contributed by atoms with E-state index in [1.54, 1.807) is 5.56 Å². The normalized spacial score (nSPS) is 16.4. The van der Waals surface area contributed by atoms with Crippen LogP contribution >= 0.6 is 0 Å². The average Bonchev–Trinajstić information content (AvgIpc) is 2.63. The molecule has 0 aliphatic carbocycles. The van der Waals surface area contributed by atoms with Crippen molar-refractivity contribution in [1.82, 2.24) is 4.90 Å². The molecule has 0 bridgehead atoms. The quantitative estimate of drug-likeness (QED) is 0.688.